The topological polar surface area (TPSA) is 58.6 Å². The molecule has 0 spiro atoms. The highest BCUT2D eigenvalue weighted by molar-refractivity contribution is 7.92. The molecule has 1 N–H and O–H groups in total. The fraction of sp³-hybridized carbons (Fsp3) is 0.250. The third kappa shape index (κ3) is 3.63. The highest BCUT2D eigenvalue weighted by atomic mass is 35.5. The largest absolute Gasteiger partial charge is 0.378 e. The second-order valence-corrected chi connectivity index (χ2v) is 7.36. The van der Waals surface area contributed by atoms with Crippen molar-refractivity contribution in [2.45, 2.75) is 4.90 Å². The Hall–Kier alpha value is -1.83. The first-order chi connectivity index (χ1) is 11.5. The fourth-order valence-electron chi connectivity index (χ4n) is 2.47. The maximum atomic E-state index is 14.1. The van der Waals surface area contributed by atoms with E-state index in [0.29, 0.717) is 26.3 Å². The van der Waals surface area contributed by atoms with Crippen LogP contribution in [0.1, 0.15) is 0 Å². The molecule has 5 nitrogen and oxygen atoms in total. The average molecular weight is 371 g/mol. The van der Waals surface area contributed by atoms with Gasteiger partial charge in [-0.25, -0.2) is 12.8 Å². The Morgan fingerprint density at radius 2 is 1.83 bits per heavy atom. The van der Waals surface area contributed by atoms with E-state index in [0.717, 1.165) is 5.69 Å². The first-order valence-corrected chi connectivity index (χ1v) is 9.23. The lowest BCUT2D eigenvalue weighted by atomic mass is 10.2. The summed E-state index contributed by atoms with van der Waals surface area (Å²) in [5, 5.41) is 0.0785. The Labute approximate surface area is 145 Å². The van der Waals surface area contributed by atoms with Crippen LogP contribution in [0.4, 0.5) is 15.8 Å². The Kier molecular flexibility index (Phi) is 4.93. The molecule has 0 saturated carbocycles. The summed E-state index contributed by atoms with van der Waals surface area (Å²) in [7, 11) is -3.98. The summed E-state index contributed by atoms with van der Waals surface area (Å²) in [6.45, 7) is 2.50. The van der Waals surface area contributed by atoms with E-state index in [1.54, 1.807) is 18.2 Å². The van der Waals surface area contributed by atoms with Gasteiger partial charge in [0.1, 0.15) is 10.7 Å². The van der Waals surface area contributed by atoms with Crippen LogP contribution in [0, 0.1) is 5.82 Å². The summed E-state index contributed by atoms with van der Waals surface area (Å²) in [5.41, 5.74) is 0.621. The molecule has 24 heavy (non-hydrogen) atoms. The quantitative estimate of drug-likeness (QED) is 0.898. The van der Waals surface area contributed by atoms with Gasteiger partial charge in [0, 0.05) is 18.8 Å². The number of sulfonamides is 1. The van der Waals surface area contributed by atoms with Crippen LogP contribution < -0.4 is 9.62 Å². The van der Waals surface area contributed by atoms with Gasteiger partial charge in [-0.05, 0) is 30.3 Å². The molecule has 0 aliphatic carbocycles. The van der Waals surface area contributed by atoms with Gasteiger partial charge in [-0.2, -0.15) is 0 Å². The summed E-state index contributed by atoms with van der Waals surface area (Å²) in [4.78, 5) is 1.92. The molecule has 0 amide bonds. The number of rotatable bonds is 4. The van der Waals surface area contributed by atoms with E-state index in [9.17, 15) is 12.8 Å². The van der Waals surface area contributed by atoms with Crippen LogP contribution in [0.2, 0.25) is 5.02 Å². The number of nitrogens with one attached hydrogen (secondary N) is 1. The van der Waals surface area contributed by atoms with Gasteiger partial charge in [-0.15, -0.1) is 0 Å². The van der Waals surface area contributed by atoms with Crippen LogP contribution >= 0.6 is 11.6 Å². The zero-order chi connectivity index (χ0) is 17.2. The predicted molar refractivity (Wildman–Crippen MR) is 91.7 cm³/mol. The van der Waals surface area contributed by atoms with Gasteiger partial charge in [-0.3, -0.25) is 4.72 Å². The molecule has 0 unspecified atom stereocenters. The molecule has 1 fully saturated rings. The number of ether oxygens (including phenoxy) is 1. The van der Waals surface area contributed by atoms with Gasteiger partial charge in [0.05, 0.1) is 23.9 Å². The van der Waals surface area contributed by atoms with Crippen molar-refractivity contribution in [3.05, 3.63) is 53.3 Å². The van der Waals surface area contributed by atoms with Crippen molar-refractivity contribution in [1.29, 1.82) is 0 Å². The molecular formula is C16H16ClFN2O3S. The van der Waals surface area contributed by atoms with Crippen molar-refractivity contribution in [2.24, 2.45) is 0 Å². The minimum Gasteiger partial charge on any atom is -0.378 e. The Morgan fingerprint density at radius 3 is 2.54 bits per heavy atom. The Morgan fingerprint density at radius 1 is 1.12 bits per heavy atom. The molecule has 1 aliphatic rings. The lowest BCUT2D eigenvalue weighted by molar-refractivity contribution is 0.122. The van der Waals surface area contributed by atoms with Crippen LogP contribution in [0.25, 0.3) is 0 Å². The molecule has 0 radical (unpaired) electrons. The third-order valence-corrected chi connectivity index (χ3v) is 5.56. The molecule has 1 aliphatic heterocycles. The van der Waals surface area contributed by atoms with Crippen molar-refractivity contribution in [3.8, 4) is 0 Å². The van der Waals surface area contributed by atoms with Gasteiger partial charge in [0.2, 0.25) is 0 Å². The maximum Gasteiger partial charge on any atom is 0.263 e. The molecular weight excluding hydrogens is 355 g/mol. The molecule has 0 bridgehead atoms. The van der Waals surface area contributed by atoms with E-state index < -0.39 is 15.8 Å². The summed E-state index contributed by atoms with van der Waals surface area (Å²) < 4.78 is 46.6. The lowest BCUT2D eigenvalue weighted by Gasteiger charge is -2.29. The third-order valence-electron chi connectivity index (χ3n) is 3.70. The van der Waals surface area contributed by atoms with E-state index in [1.807, 2.05) is 4.90 Å². The van der Waals surface area contributed by atoms with E-state index in [1.165, 1.54) is 24.3 Å². The van der Waals surface area contributed by atoms with Crippen molar-refractivity contribution in [1.82, 2.24) is 0 Å². The number of hydrogen-bond acceptors (Lipinski definition) is 4. The van der Waals surface area contributed by atoms with E-state index in [-0.39, 0.29) is 15.6 Å². The number of morpholine rings is 1. The first kappa shape index (κ1) is 17.0. The van der Waals surface area contributed by atoms with Gasteiger partial charge in [0.15, 0.2) is 0 Å². The van der Waals surface area contributed by atoms with Crippen LogP contribution in [0.3, 0.4) is 0 Å². The van der Waals surface area contributed by atoms with Crippen LogP contribution in [0.15, 0.2) is 47.4 Å². The van der Waals surface area contributed by atoms with Gasteiger partial charge in [-0.1, -0.05) is 23.7 Å². The SMILES string of the molecule is O=S(=O)(Nc1cc(N2CCOCC2)ccc1F)c1ccccc1Cl. The number of anilines is 2. The Balaban J connectivity index is 1.90. The van der Waals surface area contributed by atoms with Gasteiger partial charge >= 0.3 is 0 Å². The highest BCUT2D eigenvalue weighted by Crippen LogP contribution is 2.28. The number of hydrogen-bond donors (Lipinski definition) is 1. The normalized spacial score (nSPS) is 15.3. The smallest absolute Gasteiger partial charge is 0.263 e. The highest BCUT2D eigenvalue weighted by Gasteiger charge is 2.20. The standard InChI is InChI=1S/C16H16ClFN2O3S/c17-13-3-1-2-4-16(13)24(21,22)19-15-11-12(5-6-14(15)18)20-7-9-23-10-8-20/h1-6,11,19H,7-10H2. The predicted octanol–water partition coefficient (Wildman–Crippen LogP) is 3.12. The lowest BCUT2D eigenvalue weighted by Crippen LogP contribution is -2.36. The number of nitrogens with zero attached hydrogens (tertiary/aromatic N) is 1. The average Bonchev–Trinajstić information content (AvgIpc) is 2.58. The van der Waals surface area contributed by atoms with E-state index >= 15 is 0 Å². The Bertz CT molecular complexity index is 839. The maximum absolute atomic E-state index is 14.1. The summed E-state index contributed by atoms with van der Waals surface area (Å²) in [6.07, 6.45) is 0. The monoisotopic (exact) mass is 370 g/mol. The van der Waals surface area contributed by atoms with Crippen molar-refractivity contribution in [3.63, 3.8) is 0 Å². The van der Waals surface area contributed by atoms with Crippen LogP contribution in [-0.4, -0.2) is 34.7 Å². The molecule has 2 aromatic rings. The first-order valence-electron chi connectivity index (χ1n) is 7.37. The van der Waals surface area contributed by atoms with Crippen molar-refractivity contribution in [2.75, 3.05) is 35.9 Å². The second-order valence-electron chi connectivity index (χ2n) is 5.30. The number of benzene rings is 2. The van der Waals surface area contributed by atoms with Crippen LogP contribution in [0.5, 0.6) is 0 Å². The molecule has 8 heteroatoms. The molecule has 1 heterocycles. The van der Waals surface area contributed by atoms with E-state index in [4.69, 9.17) is 16.3 Å². The molecule has 0 atom stereocenters. The molecule has 128 valence electrons. The summed E-state index contributed by atoms with van der Waals surface area (Å²) >= 11 is 5.93. The minimum absolute atomic E-state index is 0.0785. The molecule has 1 saturated heterocycles. The molecule has 2 aromatic carbocycles. The fourth-order valence-corrected chi connectivity index (χ4v) is 4.05. The second kappa shape index (κ2) is 6.96. The van der Waals surface area contributed by atoms with Crippen LogP contribution in [-0.2, 0) is 14.8 Å². The summed E-state index contributed by atoms with van der Waals surface area (Å²) in [5.74, 6) is -0.650. The van der Waals surface area contributed by atoms with Gasteiger partial charge in [0.25, 0.3) is 10.0 Å². The zero-order valence-electron chi connectivity index (χ0n) is 12.7. The minimum atomic E-state index is -3.98. The van der Waals surface area contributed by atoms with Crippen molar-refractivity contribution < 1.29 is 17.5 Å². The van der Waals surface area contributed by atoms with Crippen molar-refractivity contribution >= 4 is 33.0 Å². The molecule has 3 rings (SSSR count). The summed E-state index contributed by atoms with van der Waals surface area (Å²) in [6, 6.07) is 10.4. The zero-order valence-corrected chi connectivity index (χ0v) is 14.3. The number of halogens is 2. The van der Waals surface area contributed by atoms with Gasteiger partial charge < -0.3 is 9.64 Å². The van der Waals surface area contributed by atoms with E-state index in [2.05, 4.69) is 4.72 Å². The molecule has 0 aromatic heterocycles.